The van der Waals surface area contributed by atoms with Crippen molar-refractivity contribution in [1.29, 1.82) is 0 Å². The zero-order chi connectivity index (χ0) is 13.0. The quantitative estimate of drug-likeness (QED) is 0.792. The largest absolute Gasteiger partial charge is 0.343 e. The molecule has 17 heavy (non-hydrogen) atoms. The van der Waals surface area contributed by atoms with Crippen LogP contribution in [0.4, 0.5) is 0 Å². The lowest BCUT2D eigenvalue weighted by atomic mass is 10.0. The summed E-state index contributed by atoms with van der Waals surface area (Å²) in [6.07, 6.45) is 2.62. The molecule has 0 aromatic rings. The van der Waals surface area contributed by atoms with Gasteiger partial charge in [0.15, 0.2) is 0 Å². The Bertz CT molecular complexity index is 289. The van der Waals surface area contributed by atoms with E-state index in [0.717, 1.165) is 19.3 Å². The van der Waals surface area contributed by atoms with Gasteiger partial charge in [0.2, 0.25) is 11.8 Å². The standard InChI is InChI=1S/C13H24N2O2/c1-5-6-11-12(16)14-10(4)13(17)15(11)8-7-9(2)3/h9-11H,5-8H2,1-4H3,(H,14,16). The van der Waals surface area contributed by atoms with E-state index < -0.39 is 0 Å². The van der Waals surface area contributed by atoms with Crippen molar-refractivity contribution in [2.24, 2.45) is 5.92 Å². The molecule has 4 nitrogen and oxygen atoms in total. The normalized spacial score (nSPS) is 25.4. The van der Waals surface area contributed by atoms with E-state index in [4.69, 9.17) is 0 Å². The van der Waals surface area contributed by atoms with Gasteiger partial charge in [-0.25, -0.2) is 0 Å². The zero-order valence-electron chi connectivity index (χ0n) is 11.3. The molecule has 2 atom stereocenters. The van der Waals surface area contributed by atoms with E-state index in [1.807, 2.05) is 6.92 Å². The Morgan fingerprint density at radius 3 is 2.53 bits per heavy atom. The van der Waals surface area contributed by atoms with E-state index in [9.17, 15) is 9.59 Å². The highest BCUT2D eigenvalue weighted by Crippen LogP contribution is 2.16. The highest BCUT2D eigenvalue weighted by atomic mass is 16.2. The molecule has 0 aromatic carbocycles. The monoisotopic (exact) mass is 240 g/mol. The number of carbonyl (C=O) groups is 2. The number of rotatable bonds is 5. The molecule has 1 saturated heterocycles. The number of nitrogens with zero attached hydrogens (tertiary/aromatic N) is 1. The summed E-state index contributed by atoms with van der Waals surface area (Å²) in [5.74, 6) is 0.608. The summed E-state index contributed by atoms with van der Waals surface area (Å²) in [4.78, 5) is 25.7. The molecular formula is C13H24N2O2. The number of nitrogens with one attached hydrogen (secondary N) is 1. The predicted molar refractivity (Wildman–Crippen MR) is 67.5 cm³/mol. The second kappa shape index (κ2) is 6.03. The molecule has 0 radical (unpaired) electrons. The molecule has 0 spiro atoms. The fourth-order valence-corrected chi connectivity index (χ4v) is 2.14. The van der Waals surface area contributed by atoms with Crippen LogP contribution in [-0.4, -0.2) is 35.3 Å². The molecule has 0 aliphatic carbocycles. The summed E-state index contributed by atoms with van der Waals surface area (Å²) in [5.41, 5.74) is 0. The maximum Gasteiger partial charge on any atom is 0.245 e. The van der Waals surface area contributed by atoms with Gasteiger partial charge in [0, 0.05) is 6.54 Å². The van der Waals surface area contributed by atoms with Crippen LogP contribution in [0.2, 0.25) is 0 Å². The minimum atomic E-state index is -0.372. The molecule has 0 bridgehead atoms. The second-order valence-corrected chi connectivity index (χ2v) is 5.25. The third-order valence-corrected chi connectivity index (χ3v) is 3.20. The van der Waals surface area contributed by atoms with Gasteiger partial charge in [-0.15, -0.1) is 0 Å². The van der Waals surface area contributed by atoms with E-state index in [1.54, 1.807) is 11.8 Å². The van der Waals surface area contributed by atoms with Gasteiger partial charge < -0.3 is 10.2 Å². The van der Waals surface area contributed by atoms with Gasteiger partial charge in [0.25, 0.3) is 0 Å². The highest BCUT2D eigenvalue weighted by Gasteiger charge is 2.37. The Labute approximate surface area is 104 Å². The van der Waals surface area contributed by atoms with Gasteiger partial charge >= 0.3 is 0 Å². The molecule has 1 N–H and O–H groups in total. The van der Waals surface area contributed by atoms with Crippen LogP contribution in [0, 0.1) is 5.92 Å². The van der Waals surface area contributed by atoms with E-state index in [2.05, 4.69) is 19.2 Å². The molecule has 2 unspecified atom stereocenters. The van der Waals surface area contributed by atoms with Crippen LogP contribution in [-0.2, 0) is 9.59 Å². The summed E-state index contributed by atoms with van der Waals surface area (Å²) < 4.78 is 0. The van der Waals surface area contributed by atoms with Crippen molar-refractivity contribution in [3.63, 3.8) is 0 Å². The van der Waals surface area contributed by atoms with Crippen molar-refractivity contribution in [3.8, 4) is 0 Å². The van der Waals surface area contributed by atoms with Crippen molar-refractivity contribution >= 4 is 11.8 Å². The third-order valence-electron chi connectivity index (χ3n) is 3.20. The second-order valence-electron chi connectivity index (χ2n) is 5.25. The molecular weight excluding hydrogens is 216 g/mol. The van der Waals surface area contributed by atoms with Crippen LogP contribution in [0.15, 0.2) is 0 Å². The molecule has 0 aromatic heterocycles. The van der Waals surface area contributed by atoms with E-state index >= 15 is 0 Å². The number of hydrogen-bond donors (Lipinski definition) is 1. The lowest BCUT2D eigenvalue weighted by Crippen LogP contribution is -2.62. The minimum Gasteiger partial charge on any atom is -0.343 e. The number of hydrogen-bond acceptors (Lipinski definition) is 2. The zero-order valence-corrected chi connectivity index (χ0v) is 11.3. The Balaban J connectivity index is 2.75. The minimum absolute atomic E-state index is 0.00251. The van der Waals surface area contributed by atoms with E-state index in [0.29, 0.717) is 12.5 Å². The first kappa shape index (κ1) is 14.0. The molecule has 98 valence electrons. The Morgan fingerprint density at radius 2 is 2.00 bits per heavy atom. The average molecular weight is 240 g/mol. The van der Waals surface area contributed by atoms with Gasteiger partial charge in [-0.05, 0) is 25.7 Å². The van der Waals surface area contributed by atoms with Gasteiger partial charge in [0.1, 0.15) is 12.1 Å². The van der Waals surface area contributed by atoms with E-state index in [1.165, 1.54) is 0 Å². The maximum absolute atomic E-state index is 12.1. The van der Waals surface area contributed by atoms with Crippen LogP contribution in [0.1, 0.15) is 47.0 Å². The van der Waals surface area contributed by atoms with Crippen LogP contribution in [0.25, 0.3) is 0 Å². The lowest BCUT2D eigenvalue weighted by molar-refractivity contribution is -0.149. The molecule has 2 amide bonds. The van der Waals surface area contributed by atoms with Crippen molar-refractivity contribution in [3.05, 3.63) is 0 Å². The molecule has 4 heteroatoms. The highest BCUT2D eigenvalue weighted by molar-refractivity contribution is 5.96. The van der Waals surface area contributed by atoms with Gasteiger partial charge in [-0.3, -0.25) is 9.59 Å². The van der Waals surface area contributed by atoms with Gasteiger partial charge in [0.05, 0.1) is 0 Å². The van der Waals surface area contributed by atoms with Crippen LogP contribution >= 0.6 is 0 Å². The lowest BCUT2D eigenvalue weighted by Gasteiger charge is -2.38. The Kier molecular flexibility index (Phi) is 4.97. The van der Waals surface area contributed by atoms with E-state index in [-0.39, 0.29) is 23.9 Å². The number of carbonyl (C=O) groups excluding carboxylic acids is 2. The fourth-order valence-electron chi connectivity index (χ4n) is 2.14. The van der Waals surface area contributed by atoms with Gasteiger partial charge in [-0.2, -0.15) is 0 Å². The van der Waals surface area contributed by atoms with Crippen molar-refractivity contribution in [2.45, 2.75) is 59.0 Å². The summed E-state index contributed by atoms with van der Waals surface area (Å²) in [6.45, 7) is 8.75. The first-order valence-corrected chi connectivity index (χ1v) is 6.58. The Hall–Kier alpha value is -1.06. The predicted octanol–water partition coefficient (Wildman–Crippen LogP) is 1.55. The fraction of sp³-hybridized carbons (Fsp3) is 0.846. The molecule has 1 aliphatic heterocycles. The van der Waals surface area contributed by atoms with Crippen molar-refractivity contribution < 1.29 is 9.59 Å². The maximum atomic E-state index is 12.1. The molecule has 1 aliphatic rings. The van der Waals surface area contributed by atoms with Crippen molar-refractivity contribution in [1.82, 2.24) is 10.2 Å². The summed E-state index contributed by atoms with van der Waals surface area (Å²) >= 11 is 0. The van der Waals surface area contributed by atoms with Crippen LogP contribution < -0.4 is 5.32 Å². The molecule has 1 fully saturated rings. The van der Waals surface area contributed by atoms with Crippen LogP contribution in [0.5, 0.6) is 0 Å². The smallest absolute Gasteiger partial charge is 0.245 e. The average Bonchev–Trinajstić information content (AvgIpc) is 2.25. The number of amides is 2. The topological polar surface area (TPSA) is 49.4 Å². The van der Waals surface area contributed by atoms with Crippen LogP contribution in [0.3, 0.4) is 0 Å². The number of piperazine rings is 1. The van der Waals surface area contributed by atoms with Gasteiger partial charge in [-0.1, -0.05) is 27.2 Å². The summed E-state index contributed by atoms with van der Waals surface area (Å²) in [7, 11) is 0. The SMILES string of the molecule is CCCC1C(=O)NC(C)C(=O)N1CCC(C)C. The van der Waals surface area contributed by atoms with Crippen molar-refractivity contribution in [2.75, 3.05) is 6.54 Å². The molecule has 1 heterocycles. The molecule has 1 rings (SSSR count). The summed E-state index contributed by atoms with van der Waals surface area (Å²) in [5, 5.41) is 2.75. The first-order chi connectivity index (χ1) is 7.97. The summed E-state index contributed by atoms with van der Waals surface area (Å²) in [6, 6.07) is -0.634. The first-order valence-electron chi connectivity index (χ1n) is 6.58. The molecule has 0 saturated carbocycles. The third kappa shape index (κ3) is 3.45. The Morgan fingerprint density at radius 1 is 1.35 bits per heavy atom.